The van der Waals surface area contributed by atoms with Crippen LogP contribution < -0.4 is 14.8 Å². The number of carbonyl (C=O) groups is 1. The molecule has 0 aliphatic heterocycles. The van der Waals surface area contributed by atoms with E-state index in [1.54, 1.807) is 6.08 Å². The normalized spacial score (nSPS) is 10.8. The average Bonchev–Trinajstić information content (AvgIpc) is 3.19. The zero-order valence-electron chi connectivity index (χ0n) is 16.2. The molecule has 3 rings (SSSR count). The number of para-hydroxylation sites is 1. The number of rotatable bonds is 10. The molecular formula is C22H23N3O3S. The lowest BCUT2D eigenvalue weighted by molar-refractivity contribution is -0.111. The van der Waals surface area contributed by atoms with Crippen LogP contribution >= 0.6 is 11.3 Å². The summed E-state index contributed by atoms with van der Waals surface area (Å²) < 4.78 is 11.2. The number of benzene rings is 2. The lowest BCUT2D eigenvalue weighted by atomic mass is 10.2. The molecule has 3 aromatic rings. The highest BCUT2D eigenvalue weighted by molar-refractivity contribution is 7.15. The van der Waals surface area contributed by atoms with Crippen LogP contribution in [-0.4, -0.2) is 29.3 Å². The van der Waals surface area contributed by atoms with Crippen molar-refractivity contribution in [1.29, 1.82) is 0 Å². The van der Waals surface area contributed by atoms with Gasteiger partial charge in [0.2, 0.25) is 11.0 Å². The molecule has 0 aliphatic rings. The number of aromatic nitrogens is 2. The van der Waals surface area contributed by atoms with Crippen molar-refractivity contribution in [3.8, 4) is 11.5 Å². The Labute approximate surface area is 174 Å². The Bertz CT molecular complexity index is 924. The van der Waals surface area contributed by atoms with E-state index in [-0.39, 0.29) is 5.91 Å². The zero-order valence-corrected chi connectivity index (χ0v) is 17.0. The first-order valence-corrected chi connectivity index (χ1v) is 10.3. The second-order valence-electron chi connectivity index (χ2n) is 6.15. The highest BCUT2D eigenvalue weighted by Gasteiger charge is 2.07. The van der Waals surface area contributed by atoms with Crippen LogP contribution in [0.25, 0.3) is 6.08 Å². The first-order valence-electron chi connectivity index (χ1n) is 9.45. The molecule has 0 radical (unpaired) electrons. The van der Waals surface area contributed by atoms with Crippen LogP contribution in [0.3, 0.4) is 0 Å². The van der Waals surface area contributed by atoms with Crippen LogP contribution in [0, 0.1) is 0 Å². The van der Waals surface area contributed by atoms with Crippen molar-refractivity contribution in [2.45, 2.75) is 19.8 Å². The Hall–Kier alpha value is -3.19. The number of anilines is 1. The molecule has 0 fully saturated rings. The molecule has 7 heteroatoms. The third-order valence-electron chi connectivity index (χ3n) is 3.80. The average molecular weight is 410 g/mol. The minimum atomic E-state index is -0.250. The van der Waals surface area contributed by atoms with Gasteiger partial charge in [-0.1, -0.05) is 48.6 Å². The van der Waals surface area contributed by atoms with Gasteiger partial charge in [-0.15, -0.1) is 10.2 Å². The van der Waals surface area contributed by atoms with Gasteiger partial charge in [-0.25, -0.2) is 0 Å². The fourth-order valence-electron chi connectivity index (χ4n) is 2.39. The number of nitrogens with zero attached hydrogens (tertiary/aromatic N) is 2. The molecule has 29 heavy (non-hydrogen) atoms. The van der Waals surface area contributed by atoms with E-state index >= 15 is 0 Å². The minimum Gasteiger partial charge on any atom is -0.494 e. The van der Waals surface area contributed by atoms with Gasteiger partial charge in [0.15, 0.2) is 0 Å². The quantitative estimate of drug-likeness (QED) is 0.496. The van der Waals surface area contributed by atoms with Crippen LogP contribution in [0.2, 0.25) is 0 Å². The molecule has 0 spiro atoms. The first-order chi connectivity index (χ1) is 14.2. The van der Waals surface area contributed by atoms with Gasteiger partial charge in [-0.05, 0) is 42.3 Å². The Morgan fingerprint density at radius 1 is 1.00 bits per heavy atom. The van der Waals surface area contributed by atoms with E-state index in [1.807, 2.05) is 54.6 Å². The summed E-state index contributed by atoms with van der Waals surface area (Å²) in [6, 6.07) is 17.2. The Balaban J connectivity index is 1.44. The largest absolute Gasteiger partial charge is 0.494 e. The maximum absolute atomic E-state index is 12.1. The minimum absolute atomic E-state index is 0.250. The molecule has 1 aromatic heterocycles. The van der Waals surface area contributed by atoms with Gasteiger partial charge >= 0.3 is 0 Å². The van der Waals surface area contributed by atoms with E-state index < -0.39 is 0 Å². The number of carbonyl (C=O) groups excluding carboxylic acids is 1. The lowest BCUT2D eigenvalue weighted by Gasteiger charge is -2.04. The monoisotopic (exact) mass is 409 g/mol. The van der Waals surface area contributed by atoms with E-state index in [4.69, 9.17) is 9.47 Å². The summed E-state index contributed by atoms with van der Waals surface area (Å²) >= 11 is 1.34. The van der Waals surface area contributed by atoms with Crippen LogP contribution in [0.15, 0.2) is 60.7 Å². The van der Waals surface area contributed by atoms with E-state index in [2.05, 4.69) is 22.4 Å². The molecule has 2 aromatic carbocycles. The summed E-state index contributed by atoms with van der Waals surface area (Å²) in [5.41, 5.74) is 0.917. The molecule has 150 valence electrons. The van der Waals surface area contributed by atoms with Gasteiger partial charge in [-0.3, -0.25) is 10.1 Å². The predicted molar refractivity (Wildman–Crippen MR) is 115 cm³/mol. The summed E-state index contributed by atoms with van der Waals surface area (Å²) in [6.45, 7) is 3.26. The van der Waals surface area contributed by atoms with E-state index in [0.717, 1.165) is 28.5 Å². The SMILES string of the molecule is CCCOc1ccc(/C=C/C(=O)Nc2nnc(CCOc3ccccc3)s2)cc1. The van der Waals surface area contributed by atoms with E-state index in [1.165, 1.54) is 17.4 Å². The standard InChI is InChI=1S/C22H23N3O3S/c1-2-15-27-19-11-8-17(9-12-19)10-13-20(26)23-22-25-24-21(29-22)14-16-28-18-6-4-3-5-7-18/h3-13H,2,14-16H2,1H3,(H,23,25,26)/b13-10+. The lowest BCUT2D eigenvalue weighted by Crippen LogP contribution is -2.07. The molecule has 0 bridgehead atoms. The molecule has 0 saturated heterocycles. The Morgan fingerprint density at radius 2 is 1.72 bits per heavy atom. The zero-order chi connectivity index (χ0) is 20.3. The number of hydrogen-bond acceptors (Lipinski definition) is 6. The summed E-state index contributed by atoms with van der Waals surface area (Å²) in [7, 11) is 0. The summed E-state index contributed by atoms with van der Waals surface area (Å²) in [5.74, 6) is 1.39. The molecule has 6 nitrogen and oxygen atoms in total. The van der Waals surface area contributed by atoms with Gasteiger partial charge in [0.1, 0.15) is 16.5 Å². The van der Waals surface area contributed by atoms with Crippen LogP contribution in [-0.2, 0) is 11.2 Å². The predicted octanol–water partition coefficient (Wildman–Crippen LogP) is 4.60. The highest BCUT2D eigenvalue weighted by atomic mass is 32.1. The van der Waals surface area contributed by atoms with Gasteiger partial charge in [0.05, 0.1) is 13.2 Å². The summed E-state index contributed by atoms with van der Waals surface area (Å²) in [6.07, 6.45) is 4.82. The smallest absolute Gasteiger partial charge is 0.250 e. The van der Waals surface area contributed by atoms with Gasteiger partial charge in [0.25, 0.3) is 0 Å². The summed E-state index contributed by atoms with van der Waals surface area (Å²) in [5, 5.41) is 12.1. The molecule has 0 unspecified atom stereocenters. The molecular weight excluding hydrogens is 386 g/mol. The van der Waals surface area contributed by atoms with Crippen LogP contribution in [0.1, 0.15) is 23.9 Å². The van der Waals surface area contributed by atoms with Gasteiger partial charge in [0, 0.05) is 12.5 Å². The van der Waals surface area contributed by atoms with Crippen molar-refractivity contribution in [1.82, 2.24) is 10.2 Å². The number of hydrogen-bond donors (Lipinski definition) is 1. The highest BCUT2D eigenvalue weighted by Crippen LogP contribution is 2.17. The number of amides is 1. The van der Waals surface area contributed by atoms with E-state index in [9.17, 15) is 4.79 Å². The topological polar surface area (TPSA) is 73.3 Å². The van der Waals surface area contributed by atoms with Crippen molar-refractivity contribution < 1.29 is 14.3 Å². The van der Waals surface area contributed by atoms with Gasteiger partial charge < -0.3 is 9.47 Å². The summed E-state index contributed by atoms with van der Waals surface area (Å²) in [4.78, 5) is 12.1. The van der Waals surface area contributed by atoms with Crippen molar-refractivity contribution >= 4 is 28.5 Å². The maximum atomic E-state index is 12.1. The molecule has 1 heterocycles. The Morgan fingerprint density at radius 3 is 2.48 bits per heavy atom. The van der Waals surface area contributed by atoms with Crippen LogP contribution in [0.5, 0.6) is 11.5 Å². The number of nitrogens with one attached hydrogen (secondary N) is 1. The molecule has 1 N–H and O–H groups in total. The second kappa shape index (κ2) is 11.0. The first kappa shape index (κ1) is 20.5. The fourth-order valence-corrected chi connectivity index (χ4v) is 3.12. The third-order valence-corrected chi connectivity index (χ3v) is 4.70. The van der Waals surface area contributed by atoms with Crippen molar-refractivity contribution in [3.63, 3.8) is 0 Å². The maximum Gasteiger partial charge on any atom is 0.250 e. The van der Waals surface area contributed by atoms with Crippen LogP contribution in [0.4, 0.5) is 5.13 Å². The Kier molecular flexibility index (Phi) is 7.77. The van der Waals surface area contributed by atoms with Gasteiger partial charge in [-0.2, -0.15) is 0 Å². The molecule has 1 amide bonds. The third kappa shape index (κ3) is 7.04. The molecule has 0 atom stereocenters. The van der Waals surface area contributed by atoms with E-state index in [0.29, 0.717) is 24.8 Å². The second-order valence-corrected chi connectivity index (χ2v) is 7.21. The number of ether oxygens (including phenoxy) is 2. The van der Waals surface area contributed by atoms with Crippen molar-refractivity contribution in [3.05, 3.63) is 71.2 Å². The molecule has 0 saturated carbocycles. The molecule has 0 aliphatic carbocycles. The van der Waals surface area contributed by atoms with Crippen molar-refractivity contribution in [2.24, 2.45) is 0 Å². The van der Waals surface area contributed by atoms with Crippen molar-refractivity contribution in [2.75, 3.05) is 18.5 Å². The fraction of sp³-hybridized carbons (Fsp3) is 0.227.